The molecule has 0 saturated carbocycles. The standard InChI is InChI=1S/C20H26BrNO2/c1-3-4-12-22(13-11-16-5-8-18(21)9-6-16)15-17-7-10-20(24-2)19(23)14-17/h5-10,14,23H,3-4,11-13,15H2,1-2H3. The maximum absolute atomic E-state index is 9.97. The van der Waals surface area contributed by atoms with Crippen molar-refractivity contribution in [1.82, 2.24) is 4.90 Å². The van der Waals surface area contributed by atoms with E-state index in [1.807, 2.05) is 12.1 Å². The fourth-order valence-corrected chi connectivity index (χ4v) is 2.95. The Hall–Kier alpha value is -1.52. The quantitative estimate of drug-likeness (QED) is 0.651. The molecule has 0 aliphatic rings. The van der Waals surface area contributed by atoms with Gasteiger partial charge in [0.15, 0.2) is 11.5 Å². The molecule has 0 unspecified atom stereocenters. The third-order valence-electron chi connectivity index (χ3n) is 4.11. The molecule has 2 rings (SSSR count). The number of phenolic OH excluding ortho intramolecular Hbond substituents is 1. The van der Waals surface area contributed by atoms with Crippen LogP contribution in [-0.2, 0) is 13.0 Å². The highest BCUT2D eigenvalue weighted by Crippen LogP contribution is 2.26. The van der Waals surface area contributed by atoms with Crippen LogP contribution >= 0.6 is 15.9 Å². The van der Waals surface area contributed by atoms with E-state index < -0.39 is 0 Å². The van der Waals surface area contributed by atoms with Crippen molar-refractivity contribution in [2.75, 3.05) is 20.2 Å². The second-order valence-electron chi connectivity index (χ2n) is 6.01. The van der Waals surface area contributed by atoms with Crippen molar-refractivity contribution in [3.63, 3.8) is 0 Å². The molecule has 0 aliphatic carbocycles. The third-order valence-corrected chi connectivity index (χ3v) is 4.64. The van der Waals surface area contributed by atoms with Crippen molar-refractivity contribution in [2.45, 2.75) is 32.7 Å². The van der Waals surface area contributed by atoms with Gasteiger partial charge in [0.05, 0.1) is 7.11 Å². The van der Waals surface area contributed by atoms with Crippen LogP contribution in [-0.4, -0.2) is 30.2 Å². The third kappa shape index (κ3) is 5.84. The highest BCUT2D eigenvalue weighted by atomic mass is 79.9. The molecule has 0 aliphatic heterocycles. The van der Waals surface area contributed by atoms with E-state index in [1.165, 1.54) is 18.4 Å². The largest absolute Gasteiger partial charge is 0.504 e. The van der Waals surface area contributed by atoms with Crippen LogP contribution in [0.3, 0.4) is 0 Å². The summed E-state index contributed by atoms with van der Waals surface area (Å²) in [6.45, 7) is 5.13. The van der Waals surface area contributed by atoms with Gasteiger partial charge in [-0.05, 0) is 54.8 Å². The van der Waals surface area contributed by atoms with Gasteiger partial charge in [-0.25, -0.2) is 0 Å². The maximum Gasteiger partial charge on any atom is 0.160 e. The molecule has 24 heavy (non-hydrogen) atoms. The number of ether oxygens (including phenoxy) is 1. The number of methoxy groups -OCH3 is 1. The molecule has 0 saturated heterocycles. The minimum atomic E-state index is 0.207. The lowest BCUT2D eigenvalue weighted by Gasteiger charge is -2.22. The summed E-state index contributed by atoms with van der Waals surface area (Å²) in [7, 11) is 1.57. The summed E-state index contributed by atoms with van der Waals surface area (Å²) in [5, 5.41) is 9.97. The minimum Gasteiger partial charge on any atom is -0.504 e. The van der Waals surface area contributed by atoms with E-state index in [-0.39, 0.29) is 5.75 Å². The van der Waals surface area contributed by atoms with Gasteiger partial charge >= 0.3 is 0 Å². The van der Waals surface area contributed by atoms with E-state index in [4.69, 9.17) is 4.74 Å². The van der Waals surface area contributed by atoms with Crippen LogP contribution in [0, 0.1) is 0 Å². The van der Waals surface area contributed by atoms with Gasteiger partial charge in [0.2, 0.25) is 0 Å². The Kier molecular flexibility index (Phi) is 7.60. The van der Waals surface area contributed by atoms with E-state index in [9.17, 15) is 5.11 Å². The van der Waals surface area contributed by atoms with Gasteiger partial charge < -0.3 is 9.84 Å². The summed E-state index contributed by atoms with van der Waals surface area (Å²) < 4.78 is 6.23. The predicted octanol–water partition coefficient (Wildman–Crippen LogP) is 5.01. The first-order valence-corrected chi connectivity index (χ1v) is 9.24. The van der Waals surface area contributed by atoms with Crippen molar-refractivity contribution in [1.29, 1.82) is 0 Å². The SMILES string of the molecule is CCCCN(CCc1ccc(Br)cc1)Cc1ccc(OC)c(O)c1. The molecule has 0 heterocycles. The summed E-state index contributed by atoms with van der Waals surface area (Å²) in [6.07, 6.45) is 3.39. The fourth-order valence-electron chi connectivity index (χ4n) is 2.68. The summed E-state index contributed by atoms with van der Waals surface area (Å²) in [5.74, 6) is 0.729. The van der Waals surface area contributed by atoms with Crippen LogP contribution in [0.4, 0.5) is 0 Å². The normalized spacial score (nSPS) is 11.0. The Morgan fingerprint density at radius 3 is 2.38 bits per heavy atom. The lowest BCUT2D eigenvalue weighted by molar-refractivity contribution is 0.264. The lowest BCUT2D eigenvalue weighted by Crippen LogP contribution is -2.26. The molecule has 0 aromatic heterocycles. The molecule has 3 nitrogen and oxygen atoms in total. The highest BCUT2D eigenvalue weighted by molar-refractivity contribution is 9.10. The predicted molar refractivity (Wildman–Crippen MR) is 103 cm³/mol. The topological polar surface area (TPSA) is 32.7 Å². The number of aromatic hydroxyl groups is 1. The molecule has 130 valence electrons. The molecule has 0 radical (unpaired) electrons. The fraction of sp³-hybridized carbons (Fsp3) is 0.400. The Balaban J connectivity index is 1.99. The Bertz CT molecular complexity index is 628. The molecular weight excluding hydrogens is 366 g/mol. The molecule has 0 bridgehead atoms. The lowest BCUT2D eigenvalue weighted by atomic mass is 10.1. The molecule has 2 aromatic carbocycles. The van der Waals surface area contributed by atoms with E-state index in [0.29, 0.717) is 5.75 Å². The maximum atomic E-state index is 9.97. The summed E-state index contributed by atoms with van der Waals surface area (Å²) in [4.78, 5) is 2.45. The van der Waals surface area contributed by atoms with Crippen LogP contribution < -0.4 is 4.74 Å². The number of halogens is 1. The van der Waals surface area contributed by atoms with Crippen LogP contribution in [0.15, 0.2) is 46.9 Å². The summed E-state index contributed by atoms with van der Waals surface area (Å²) >= 11 is 3.48. The first-order valence-electron chi connectivity index (χ1n) is 8.45. The molecule has 0 fully saturated rings. The molecule has 2 aromatic rings. The number of phenols is 1. The Labute approximate surface area is 153 Å². The average molecular weight is 392 g/mol. The van der Waals surface area contributed by atoms with Gasteiger partial charge in [0, 0.05) is 17.6 Å². The second kappa shape index (κ2) is 9.70. The zero-order valence-corrected chi connectivity index (χ0v) is 16.1. The zero-order chi connectivity index (χ0) is 17.4. The average Bonchev–Trinajstić information content (AvgIpc) is 2.59. The van der Waals surface area contributed by atoms with Crippen molar-refractivity contribution >= 4 is 15.9 Å². The first-order chi connectivity index (χ1) is 11.6. The molecule has 0 atom stereocenters. The van der Waals surface area contributed by atoms with Gasteiger partial charge in [-0.1, -0.05) is 47.5 Å². The van der Waals surface area contributed by atoms with Crippen molar-refractivity contribution in [3.05, 3.63) is 58.1 Å². The molecule has 1 N–H and O–H groups in total. The Morgan fingerprint density at radius 1 is 1.04 bits per heavy atom. The Morgan fingerprint density at radius 2 is 1.75 bits per heavy atom. The second-order valence-corrected chi connectivity index (χ2v) is 6.93. The van der Waals surface area contributed by atoms with Gasteiger partial charge in [-0.3, -0.25) is 4.90 Å². The van der Waals surface area contributed by atoms with E-state index in [1.54, 1.807) is 13.2 Å². The number of rotatable bonds is 9. The molecule has 4 heteroatoms. The van der Waals surface area contributed by atoms with Crippen molar-refractivity contribution in [2.24, 2.45) is 0 Å². The van der Waals surface area contributed by atoms with Crippen molar-refractivity contribution < 1.29 is 9.84 Å². The van der Waals surface area contributed by atoms with Crippen molar-refractivity contribution in [3.8, 4) is 11.5 Å². The van der Waals surface area contributed by atoms with Crippen LogP contribution in [0.5, 0.6) is 11.5 Å². The van der Waals surface area contributed by atoms with Crippen LogP contribution in [0.2, 0.25) is 0 Å². The van der Waals surface area contributed by atoms with E-state index in [2.05, 4.69) is 52.0 Å². The number of hydrogen-bond donors (Lipinski definition) is 1. The monoisotopic (exact) mass is 391 g/mol. The molecule has 0 spiro atoms. The van der Waals surface area contributed by atoms with Gasteiger partial charge in [-0.2, -0.15) is 0 Å². The van der Waals surface area contributed by atoms with Gasteiger partial charge in [-0.15, -0.1) is 0 Å². The number of nitrogens with zero attached hydrogens (tertiary/aromatic N) is 1. The van der Waals surface area contributed by atoms with Crippen LogP contribution in [0.25, 0.3) is 0 Å². The molecule has 0 amide bonds. The van der Waals surface area contributed by atoms with Gasteiger partial charge in [0.25, 0.3) is 0 Å². The molecular formula is C20H26BrNO2. The number of hydrogen-bond acceptors (Lipinski definition) is 3. The summed E-state index contributed by atoms with van der Waals surface area (Å²) in [6, 6.07) is 14.2. The smallest absolute Gasteiger partial charge is 0.160 e. The van der Waals surface area contributed by atoms with E-state index >= 15 is 0 Å². The van der Waals surface area contributed by atoms with Gasteiger partial charge in [0.1, 0.15) is 0 Å². The van der Waals surface area contributed by atoms with E-state index in [0.717, 1.165) is 36.1 Å². The minimum absolute atomic E-state index is 0.207. The highest BCUT2D eigenvalue weighted by Gasteiger charge is 2.09. The number of benzene rings is 2. The zero-order valence-electron chi connectivity index (χ0n) is 14.5. The first kappa shape index (κ1) is 18.8. The summed E-state index contributed by atoms with van der Waals surface area (Å²) in [5.41, 5.74) is 2.46. The number of unbranched alkanes of at least 4 members (excludes halogenated alkanes) is 1. The van der Waals surface area contributed by atoms with Crippen LogP contribution in [0.1, 0.15) is 30.9 Å².